The second-order valence-corrected chi connectivity index (χ2v) is 8.16. The molecular formula is C27H31N3O2. The second-order valence-electron chi connectivity index (χ2n) is 8.16. The predicted octanol–water partition coefficient (Wildman–Crippen LogP) is 4.09. The van der Waals surface area contributed by atoms with Crippen molar-refractivity contribution in [1.29, 1.82) is 0 Å². The SMILES string of the molecule is CC(Oc1ccccc1)C(=O)NCc1ccccc1CN1CCN(c2ccccc2)CC1. The maximum atomic E-state index is 12.5. The molecule has 1 unspecified atom stereocenters. The van der Waals surface area contributed by atoms with E-state index in [-0.39, 0.29) is 5.91 Å². The molecule has 0 saturated carbocycles. The summed E-state index contributed by atoms with van der Waals surface area (Å²) < 4.78 is 5.74. The molecule has 1 aliphatic rings. The lowest BCUT2D eigenvalue weighted by Gasteiger charge is -2.36. The number of anilines is 1. The fourth-order valence-electron chi connectivity index (χ4n) is 4.01. The maximum Gasteiger partial charge on any atom is 0.261 e. The first-order valence-corrected chi connectivity index (χ1v) is 11.3. The number of hydrogen-bond acceptors (Lipinski definition) is 4. The van der Waals surface area contributed by atoms with Crippen LogP contribution in [0.1, 0.15) is 18.1 Å². The average Bonchev–Trinajstić information content (AvgIpc) is 2.85. The zero-order valence-electron chi connectivity index (χ0n) is 18.6. The summed E-state index contributed by atoms with van der Waals surface area (Å²) in [7, 11) is 0. The quantitative estimate of drug-likeness (QED) is 0.586. The molecule has 1 fully saturated rings. The lowest BCUT2D eigenvalue weighted by molar-refractivity contribution is -0.127. The Kier molecular flexibility index (Phi) is 7.41. The third-order valence-corrected chi connectivity index (χ3v) is 5.88. The van der Waals surface area contributed by atoms with Crippen LogP contribution in [0, 0.1) is 0 Å². The fraction of sp³-hybridized carbons (Fsp3) is 0.296. The van der Waals surface area contributed by atoms with E-state index in [0.717, 1.165) is 38.3 Å². The number of carbonyl (C=O) groups is 1. The predicted molar refractivity (Wildman–Crippen MR) is 129 cm³/mol. The van der Waals surface area contributed by atoms with Gasteiger partial charge >= 0.3 is 0 Å². The Hall–Kier alpha value is -3.31. The van der Waals surface area contributed by atoms with Crippen molar-refractivity contribution in [2.24, 2.45) is 0 Å². The number of benzene rings is 3. The third-order valence-electron chi connectivity index (χ3n) is 5.88. The van der Waals surface area contributed by atoms with Crippen molar-refractivity contribution in [1.82, 2.24) is 10.2 Å². The Morgan fingerprint density at radius 3 is 2.12 bits per heavy atom. The summed E-state index contributed by atoms with van der Waals surface area (Å²) in [5.74, 6) is 0.588. The van der Waals surface area contributed by atoms with Crippen LogP contribution in [-0.2, 0) is 17.9 Å². The highest BCUT2D eigenvalue weighted by molar-refractivity contribution is 5.80. The van der Waals surface area contributed by atoms with E-state index < -0.39 is 6.10 Å². The van der Waals surface area contributed by atoms with Crippen molar-refractivity contribution in [2.75, 3.05) is 31.1 Å². The smallest absolute Gasteiger partial charge is 0.261 e. The van der Waals surface area contributed by atoms with Gasteiger partial charge in [-0.25, -0.2) is 0 Å². The Labute approximate surface area is 190 Å². The first-order chi connectivity index (χ1) is 15.7. The third kappa shape index (κ3) is 5.89. The van der Waals surface area contributed by atoms with E-state index in [2.05, 4.69) is 63.6 Å². The van der Waals surface area contributed by atoms with Gasteiger partial charge in [-0.2, -0.15) is 0 Å². The highest BCUT2D eigenvalue weighted by atomic mass is 16.5. The van der Waals surface area contributed by atoms with Gasteiger partial charge in [0.25, 0.3) is 5.91 Å². The zero-order chi connectivity index (χ0) is 22.2. The number of piperazine rings is 1. The van der Waals surface area contributed by atoms with Crippen molar-refractivity contribution >= 4 is 11.6 Å². The van der Waals surface area contributed by atoms with Crippen molar-refractivity contribution in [3.05, 3.63) is 96.1 Å². The molecule has 5 nitrogen and oxygen atoms in total. The van der Waals surface area contributed by atoms with Crippen LogP contribution >= 0.6 is 0 Å². The minimum absolute atomic E-state index is 0.111. The number of nitrogens with zero attached hydrogens (tertiary/aromatic N) is 2. The molecule has 0 spiro atoms. The topological polar surface area (TPSA) is 44.8 Å². The average molecular weight is 430 g/mol. The zero-order valence-corrected chi connectivity index (χ0v) is 18.6. The van der Waals surface area contributed by atoms with E-state index in [1.165, 1.54) is 11.3 Å². The van der Waals surface area contributed by atoms with Crippen LogP contribution in [0.25, 0.3) is 0 Å². The molecule has 1 saturated heterocycles. The summed E-state index contributed by atoms with van der Waals surface area (Å²) in [6.45, 7) is 7.27. The van der Waals surface area contributed by atoms with Crippen LogP contribution in [0.5, 0.6) is 5.75 Å². The molecule has 3 aromatic carbocycles. The first kappa shape index (κ1) is 21.9. The van der Waals surface area contributed by atoms with Gasteiger partial charge < -0.3 is 15.0 Å². The molecule has 5 heteroatoms. The van der Waals surface area contributed by atoms with E-state index in [4.69, 9.17) is 4.74 Å². The molecule has 1 heterocycles. The molecule has 3 aromatic rings. The molecule has 1 amide bonds. The van der Waals surface area contributed by atoms with Crippen LogP contribution in [0.3, 0.4) is 0 Å². The van der Waals surface area contributed by atoms with E-state index >= 15 is 0 Å². The molecule has 1 N–H and O–H groups in total. The summed E-state index contributed by atoms with van der Waals surface area (Å²) in [5, 5.41) is 3.03. The van der Waals surface area contributed by atoms with E-state index in [1.807, 2.05) is 36.4 Å². The Morgan fingerprint density at radius 2 is 1.44 bits per heavy atom. The van der Waals surface area contributed by atoms with Gasteiger partial charge in [0.15, 0.2) is 6.10 Å². The molecule has 32 heavy (non-hydrogen) atoms. The van der Waals surface area contributed by atoms with Crippen molar-refractivity contribution in [3.8, 4) is 5.75 Å². The Morgan fingerprint density at radius 1 is 0.844 bits per heavy atom. The molecule has 4 rings (SSSR count). The van der Waals surface area contributed by atoms with Gasteiger partial charge in [0.05, 0.1) is 0 Å². The van der Waals surface area contributed by atoms with Gasteiger partial charge in [0, 0.05) is 45.0 Å². The number of para-hydroxylation sites is 2. The van der Waals surface area contributed by atoms with Gasteiger partial charge in [-0.3, -0.25) is 9.69 Å². The standard InChI is InChI=1S/C27H31N3O2/c1-22(32-26-14-6-3-7-15-26)27(31)28-20-23-10-8-9-11-24(23)21-29-16-18-30(19-17-29)25-12-4-2-5-13-25/h2-15,22H,16-21H2,1H3,(H,28,31). The number of hydrogen-bond donors (Lipinski definition) is 1. The van der Waals surface area contributed by atoms with E-state index in [1.54, 1.807) is 6.92 Å². The minimum atomic E-state index is -0.546. The van der Waals surface area contributed by atoms with E-state index in [0.29, 0.717) is 12.3 Å². The minimum Gasteiger partial charge on any atom is -0.481 e. The van der Waals surface area contributed by atoms with Gasteiger partial charge in [0.1, 0.15) is 5.75 Å². The van der Waals surface area contributed by atoms with Crippen molar-refractivity contribution in [3.63, 3.8) is 0 Å². The highest BCUT2D eigenvalue weighted by Gasteiger charge is 2.19. The van der Waals surface area contributed by atoms with Gasteiger partial charge in [-0.05, 0) is 42.3 Å². The molecule has 166 valence electrons. The molecule has 0 aliphatic carbocycles. The fourth-order valence-corrected chi connectivity index (χ4v) is 4.01. The molecular weight excluding hydrogens is 398 g/mol. The Balaban J connectivity index is 1.29. The lowest BCUT2D eigenvalue weighted by atomic mass is 10.1. The normalized spacial score (nSPS) is 15.2. The molecule has 0 bridgehead atoms. The first-order valence-electron chi connectivity index (χ1n) is 11.3. The number of nitrogens with one attached hydrogen (secondary N) is 1. The largest absolute Gasteiger partial charge is 0.481 e. The highest BCUT2D eigenvalue weighted by Crippen LogP contribution is 2.18. The number of carbonyl (C=O) groups excluding carboxylic acids is 1. The van der Waals surface area contributed by atoms with Crippen LogP contribution in [0.2, 0.25) is 0 Å². The van der Waals surface area contributed by atoms with Gasteiger partial charge in [0.2, 0.25) is 0 Å². The maximum absolute atomic E-state index is 12.5. The van der Waals surface area contributed by atoms with Crippen LogP contribution in [0.15, 0.2) is 84.9 Å². The lowest BCUT2D eigenvalue weighted by Crippen LogP contribution is -2.46. The van der Waals surface area contributed by atoms with Crippen LogP contribution in [0.4, 0.5) is 5.69 Å². The summed E-state index contributed by atoms with van der Waals surface area (Å²) in [6.07, 6.45) is -0.546. The number of ether oxygens (including phenoxy) is 1. The van der Waals surface area contributed by atoms with Gasteiger partial charge in [-0.1, -0.05) is 60.7 Å². The second kappa shape index (κ2) is 10.8. The summed E-state index contributed by atoms with van der Waals surface area (Å²) in [6, 6.07) is 28.4. The monoisotopic (exact) mass is 429 g/mol. The number of amides is 1. The summed E-state index contributed by atoms with van der Waals surface area (Å²) in [5.41, 5.74) is 3.71. The summed E-state index contributed by atoms with van der Waals surface area (Å²) >= 11 is 0. The summed E-state index contributed by atoms with van der Waals surface area (Å²) in [4.78, 5) is 17.5. The van der Waals surface area contributed by atoms with Crippen LogP contribution < -0.4 is 15.0 Å². The number of rotatable bonds is 8. The van der Waals surface area contributed by atoms with Gasteiger partial charge in [-0.15, -0.1) is 0 Å². The van der Waals surface area contributed by atoms with E-state index in [9.17, 15) is 4.79 Å². The van der Waals surface area contributed by atoms with Crippen molar-refractivity contribution in [2.45, 2.75) is 26.1 Å². The van der Waals surface area contributed by atoms with Crippen LogP contribution in [-0.4, -0.2) is 43.1 Å². The van der Waals surface area contributed by atoms with Crippen molar-refractivity contribution < 1.29 is 9.53 Å². The molecule has 1 aliphatic heterocycles. The Bertz CT molecular complexity index is 986. The molecule has 1 atom stereocenters. The molecule has 0 radical (unpaired) electrons. The molecule has 0 aromatic heterocycles.